The largest absolute Gasteiger partial charge is 0.494 e. The Morgan fingerprint density at radius 3 is 2.08 bits per heavy atom. The van der Waals surface area contributed by atoms with Crippen LogP contribution in [0.25, 0.3) is 22.3 Å². The van der Waals surface area contributed by atoms with Crippen molar-refractivity contribution in [1.82, 2.24) is 0 Å². The highest BCUT2D eigenvalue weighted by atomic mass is 19.2. The maximum Gasteiger partial charge on any atom is 0.166 e. The molecule has 184 valence electrons. The molecule has 0 amide bonds. The molecule has 2 nitrogen and oxygen atoms in total. The third-order valence-corrected chi connectivity index (χ3v) is 5.90. The second-order valence-corrected chi connectivity index (χ2v) is 8.30. The van der Waals surface area contributed by atoms with Gasteiger partial charge in [0.1, 0.15) is 12.4 Å². The zero-order valence-electron chi connectivity index (χ0n) is 20.1. The van der Waals surface area contributed by atoms with E-state index in [0.29, 0.717) is 36.3 Å². The second kappa shape index (κ2) is 11.6. The van der Waals surface area contributed by atoms with Crippen LogP contribution in [0.3, 0.4) is 0 Å². The number of hydrogen-bond acceptors (Lipinski definition) is 2. The van der Waals surface area contributed by atoms with Gasteiger partial charge < -0.3 is 9.47 Å². The molecule has 0 bridgehead atoms. The molecule has 0 heterocycles. The van der Waals surface area contributed by atoms with Gasteiger partial charge >= 0.3 is 0 Å². The zero-order valence-corrected chi connectivity index (χ0v) is 20.1. The Morgan fingerprint density at radius 1 is 0.722 bits per heavy atom. The van der Waals surface area contributed by atoms with E-state index in [1.807, 2.05) is 31.2 Å². The molecule has 0 aromatic heterocycles. The van der Waals surface area contributed by atoms with E-state index in [2.05, 4.69) is 6.58 Å². The van der Waals surface area contributed by atoms with Crippen LogP contribution in [0.4, 0.5) is 13.2 Å². The normalized spacial score (nSPS) is 10.8. The standard InChI is InChI=1S/C31H27F3O2/c1-3-19-36-29-18-14-25(20-28(29)32)22-8-5-21(6-9-22)7-10-24-13-17-27(31(34)30(24)33)23-11-15-26(16-12-23)35-4-2/h3,5-6,8-9,11-18,20H,1,4,7,10,19H2,2H3. The summed E-state index contributed by atoms with van der Waals surface area (Å²) in [6.07, 6.45) is 2.46. The van der Waals surface area contributed by atoms with E-state index in [1.54, 1.807) is 54.6 Å². The lowest BCUT2D eigenvalue weighted by Gasteiger charge is -2.11. The van der Waals surface area contributed by atoms with Crippen LogP contribution in [0.15, 0.2) is 91.5 Å². The molecule has 4 aromatic rings. The van der Waals surface area contributed by atoms with Crippen molar-refractivity contribution in [3.63, 3.8) is 0 Å². The number of ether oxygens (including phenoxy) is 2. The smallest absolute Gasteiger partial charge is 0.166 e. The van der Waals surface area contributed by atoms with Crippen LogP contribution in [-0.2, 0) is 12.8 Å². The lowest BCUT2D eigenvalue weighted by Crippen LogP contribution is -2.00. The van der Waals surface area contributed by atoms with Gasteiger partial charge in [-0.2, -0.15) is 0 Å². The number of rotatable bonds is 10. The average molecular weight is 489 g/mol. The monoisotopic (exact) mass is 488 g/mol. The minimum absolute atomic E-state index is 0.179. The fourth-order valence-electron chi connectivity index (χ4n) is 3.99. The molecule has 0 saturated carbocycles. The summed E-state index contributed by atoms with van der Waals surface area (Å²) in [5.74, 6) is -1.26. The van der Waals surface area contributed by atoms with Gasteiger partial charge in [0.2, 0.25) is 0 Å². The fraction of sp³-hybridized carbons (Fsp3) is 0.161. The molecular weight excluding hydrogens is 461 g/mol. The predicted octanol–water partition coefficient (Wildman–Crippen LogP) is 8.19. The number of benzene rings is 4. The van der Waals surface area contributed by atoms with E-state index in [0.717, 1.165) is 16.7 Å². The first-order chi connectivity index (χ1) is 17.5. The molecule has 36 heavy (non-hydrogen) atoms. The Morgan fingerprint density at radius 2 is 1.42 bits per heavy atom. The van der Waals surface area contributed by atoms with Gasteiger partial charge in [0, 0.05) is 5.56 Å². The number of halogens is 3. The molecule has 0 atom stereocenters. The molecule has 0 aliphatic heterocycles. The fourth-order valence-corrected chi connectivity index (χ4v) is 3.99. The molecule has 0 saturated heterocycles. The van der Waals surface area contributed by atoms with Crippen LogP contribution in [0.1, 0.15) is 18.1 Å². The van der Waals surface area contributed by atoms with Crippen LogP contribution < -0.4 is 9.47 Å². The van der Waals surface area contributed by atoms with Crippen molar-refractivity contribution in [2.45, 2.75) is 19.8 Å². The summed E-state index contributed by atoms with van der Waals surface area (Å²) in [4.78, 5) is 0. The highest BCUT2D eigenvalue weighted by Gasteiger charge is 2.15. The average Bonchev–Trinajstić information content (AvgIpc) is 2.90. The highest BCUT2D eigenvalue weighted by molar-refractivity contribution is 5.66. The summed E-state index contributed by atoms with van der Waals surface area (Å²) in [6, 6.07) is 22.6. The van der Waals surface area contributed by atoms with Crippen molar-refractivity contribution >= 4 is 0 Å². The van der Waals surface area contributed by atoms with Crippen LogP contribution >= 0.6 is 0 Å². The maximum atomic E-state index is 14.8. The summed E-state index contributed by atoms with van der Waals surface area (Å²) >= 11 is 0. The Labute approximate surface area is 209 Å². The molecule has 0 unspecified atom stereocenters. The summed E-state index contributed by atoms with van der Waals surface area (Å²) in [5.41, 5.74) is 3.68. The molecule has 0 N–H and O–H groups in total. The van der Waals surface area contributed by atoms with E-state index < -0.39 is 17.5 Å². The zero-order chi connectivity index (χ0) is 25.5. The van der Waals surface area contributed by atoms with Gasteiger partial charge in [0.05, 0.1) is 6.61 Å². The summed E-state index contributed by atoms with van der Waals surface area (Å²) in [5, 5.41) is 0. The Kier molecular flexibility index (Phi) is 8.11. The molecular formula is C31H27F3O2. The molecule has 5 heteroatoms. The molecule has 0 spiro atoms. The quantitative estimate of drug-likeness (QED) is 0.210. The van der Waals surface area contributed by atoms with Crippen molar-refractivity contribution < 1.29 is 22.6 Å². The van der Waals surface area contributed by atoms with E-state index >= 15 is 0 Å². The number of aryl methyl sites for hydroxylation is 2. The van der Waals surface area contributed by atoms with Gasteiger partial charge in [0.25, 0.3) is 0 Å². The van der Waals surface area contributed by atoms with Crippen LogP contribution in [0.2, 0.25) is 0 Å². The summed E-state index contributed by atoms with van der Waals surface area (Å²) in [6.45, 7) is 6.22. The molecule has 4 rings (SSSR count). The highest BCUT2D eigenvalue weighted by Crippen LogP contribution is 2.29. The minimum atomic E-state index is -0.852. The Bertz CT molecular complexity index is 1330. The Hall–Kier alpha value is -3.99. The minimum Gasteiger partial charge on any atom is -0.494 e. The SMILES string of the molecule is C=CCOc1ccc(-c2ccc(CCc3ccc(-c4ccc(OCC)cc4)c(F)c3F)cc2)cc1F. The number of hydrogen-bond donors (Lipinski definition) is 0. The van der Waals surface area contributed by atoms with E-state index in [-0.39, 0.29) is 17.9 Å². The lowest BCUT2D eigenvalue weighted by molar-refractivity contribution is 0.340. The predicted molar refractivity (Wildman–Crippen MR) is 138 cm³/mol. The molecule has 4 aromatic carbocycles. The van der Waals surface area contributed by atoms with Crippen molar-refractivity contribution in [1.29, 1.82) is 0 Å². The van der Waals surface area contributed by atoms with Crippen LogP contribution in [-0.4, -0.2) is 13.2 Å². The molecule has 0 aliphatic rings. The van der Waals surface area contributed by atoms with Crippen molar-refractivity contribution in [3.8, 4) is 33.8 Å². The Balaban J connectivity index is 1.43. The first-order valence-electron chi connectivity index (χ1n) is 11.8. The molecule has 0 aliphatic carbocycles. The topological polar surface area (TPSA) is 18.5 Å². The van der Waals surface area contributed by atoms with Crippen molar-refractivity contribution in [3.05, 3.63) is 120 Å². The van der Waals surface area contributed by atoms with Crippen LogP contribution in [0.5, 0.6) is 11.5 Å². The van der Waals surface area contributed by atoms with Gasteiger partial charge in [0.15, 0.2) is 23.2 Å². The molecule has 0 radical (unpaired) electrons. The van der Waals surface area contributed by atoms with Gasteiger partial charge in [-0.1, -0.05) is 67.3 Å². The second-order valence-electron chi connectivity index (χ2n) is 8.30. The lowest BCUT2D eigenvalue weighted by atomic mass is 9.97. The third-order valence-electron chi connectivity index (χ3n) is 5.90. The van der Waals surface area contributed by atoms with E-state index in [4.69, 9.17) is 9.47 Å². The van der Waals surface area contributed by atoms with Gasteiger partial charge in [-0.25, -0.2) is 13.2 Å². The van der Waals surface area contributed by atoms with E-state index in [1.165, 1.54) is 6.07 Å². The first kappa shape index (κ1) is 25.1. The van der Waals surface area contributed by atoms with Gasteiger partial charge in [-0.05, 0) is 71.8 Å². The van der Waals surface area contributed by atoms with Crippen molar-refractivity contribution in [2.75, 3.05) is 13.2 Å². The maximum absolute atomic E-state index is 14.8. The van der Waals surface area contributed by atoms with Crippen LogP contribution in [0, 0.1) is 17.5 Å². The van der Waals surface area contributed by atoms with Crippen molar-refractivity contribution in [2.24, 2.45) is 0 Å². The van der Waals surface area contributed by atoms with E-state index in [9.17, 15) is 13.2 Å². The summed E-state index contributed by atoms with van der Waals surface area (Å²) in [7, 11) is 0. The third kappa shape index (κ3) is 5.80. The van der Waals surface area contributed by atoms with Gasteiger partial charge in [-0.3, -0.25) is 0 Å². The summed E-state index contributed by atoms with van der Waals surface area (Å²) < 4.78 is 54.6. The first-order valence-corrected chi connectivity index (χ1v) is 11.8. The molecule has 0 fully saturated rings. The van der Waals surface area contributed by atoms with Gasteiger partial charge in [-0.15, -0.1) is 0 Å².